The van der Waals surface area contributed by atoms with Crippen LogP contribution in [0.5, 0.6) is 0 Å². The van der Waals surface area contributed by atoms with Crippen LogP contribution < -0.4 is 5.48 Å². The zero-order valence-corrected chi connectivity index (χ0v) is 19.9. The van der Waals surface area contributed by atoms with Crippen molar-refractivity contribution < 1.29 is 28.7 Å². The third-order valence-electron chi connectivity index (χ3n) is 5.19. The molecule has 0 bridgehead atoms. The first kappa shape index (κ1) is 25.8. The Kier molecular flexibility index (Phi) is 10.6. The second-order valence-corrected chi connectivity index (χ2v) is 8.70. The first-order valence-electron chi connectivity index (χ1n) is 11.1. The molecule has 0 saturated carbocycles. The summed E-state index contributed by atoms with van der Waals surface area (Å²) in [6, 6.07) is 3.92. The van der Waals surface area contributed by atoms with Gasteiger partial charge >= 0.3 is 11.9 Å². The molecule has 1 aromatic rings. The van der Waals surface area contributed by atoms with Gasteiger partial charge in [0.25, 0.3) is 0 Å². The van der Waals surface area contributed by atoms with Crippen LogP contribution in [-0.2, 0) is 40.5 Å². The van der Waals surface area contributed by atoms with Crippen molar-refractivity contribution in [3.05, 3.63) is 45.8 Å². The van der Waals surface area contributed by atoms with Gasteiger partial charge in [-0.2, -0.15) is 0 Å². The Morgan fingerprint density at radius 2 is 1.81 bits per heavy atom. The van der Waals surface area contributed by atoms with Crippen LogP contribution in [0.4, 0.5) is 0 Å². The van der Waals surface area contributed by atoms with E-state index >= 15 is 0 Å². The lowest BCUT2D eigenvalue weighted by Gasteiger charge is -2.25. The van der Waals surface area contributed by atoms with Gasteiger partial charge in [0.15, 0.2) is 12.4 Å². The molecule has 1 heterocycles. The van der Waals surface area contributed by atoms with Crippen LogP contribution in [0.25, 0.3) is 0 Å². The van der Waals surface area contributed by atoms with Crippen molar-refractivity contribution in [2.45, 2.75) is 64.7 Å². The number of ketones is 1. The standard InChI is InChI=1S/C24H33NO6S/c1-4-7-10-20(26)18(16-25-31-17-22(27)29-5-2)15-19-11-12-21(32-19)24(13-8-9-14-24)23(28)30-6-3/h8-9,11-12,16,25H,4-7,10,13-15,17H2,1-3H3. The predicted octanol–water partition coefficient (Wildman–Crippen LogP) is 4.17. The minimum atomic E-state index is -0.671. The Balaban J connectivity index is 2.12. The normalized spacial score (nSPS) is 14.9. The fourth-order valence-corrected chi connectivity index (χ4v) is 4.68. The topological polar surface area (TPSA) is 90.9 Å². The van der Waals surface area contributed by atoms with Crippen molar-refractivity contribution in [1.29, 1.82) is 0 Å². The number of unbranched alkanes of at least 4 members (excludes halogenated alkanes) is 1. The molecular formula is C24H33NO6S. The Morgan fingerprint density at radius 1 is 1.09 bits per heavy atom. The maximum atomic E-state index is 12.7. The molecule has 1 aliphatic rings. The maximum absolute atomic E-state index is 12.7. The lowest BCUT2D eigenvalue weighted by Crippen LogP contribution is -2.34. The lowest BCUT2D eigenvalue weighted by molar-refractivity contribution is -0.150. The highest BCUT2D eigenvalue weighted by Crippen LogP contribution is 2.42. The molecule has 176 valence electrons. The van der Waals surface area contributed by atoms with E-state index < -0.39 is 11.4 Å². The third kappa shape index (κ3) is 7.03. The van der Waals surface area contributed by atoms with E-state index in [1.54, 1.807) is 6.92 Å². The fourth-order valence-electron chi connectivity index (χ4n) is 3.45. The average Bonchev–Trinajstić information content (AvgIpc) is 3.45. The second-order valence-electron chi connectivity index (χ2n) is 7.53. The van der Waals surface area contributed by atoms with E-state index in [1.165, 1.54) is 17.5 Å². The minimum absolute atomic E-state index is 0.0247. The van der Waals surface area contributed by atoms with Gasteiger partial charge in [0.05, 0.1) is 13.2 Å². The van der Waals surface area contributed by atoms with Crippen LogP contribution in [0.3, 0.4) is 0 Å². The van der Waals surface area contributed by atoms with Crippen molar-refractivity contribution in [1.82, 2.24) is 5.48 Å². The first-order chi connectivity index (χ1) is 15.5. The number of allylic oxidation sites excluding steroid dienone is 3. The number of ether oxygens (including phenoxy) is 2. The van der Waals surface area contributed by atoms with Crippen molar-refractivity contribution in [3.8, 4) is 0 Å². The van der Waals surface area contributed by atoms with Crippen molar-refractivity contribution in [2.24, 2.45) is 0 Å². The van der Waals surface area contributed by atoms with Crippen molar-refractivity contribution >= 4 is 29.1 Å². The number of nitrogens with one attached hydrogen (secondary N) is 1. The van der Waals surface area contributed by atoms with Gasteiger partial charge in [0.2, 0.25) is 0 Å². The molecule has 0 fully saturated rings. The number of carbonyl (C=O) groups excluding carboxylic acids is 3. The van der Waals surface area contributed by atoms with Gasteiger partial charge in [-0.1, -0.05) is 25.5 Å². The average molecular weight is 464 g/mol. The molecule has 0 atom stereocenters. The maximum Gasteiger partial charge on any atom is 0.334 e. The summed E-state index contributed by atoms with van der Waals surface area (Å²) >= 11 is 1.53. The zero-order chi connectivity index (χ0) is 23.4. The highest BCUT2D eigenvalue weighted by Gasteiger charge is 2.43. The fraction of sp³-hybridized carbons (Fsp3) is 0.542. The molecule has 0 spiro atoms. The number of hydrogen-bond donors (Lipinski definition) is 1. The molecule has 0 amide bonds. The quantitative estimate of drug-likeness (QED) is 0.146. The van der Waals surface area contributed by atoms with E-state index in [9.17, 15) is 14.4 Å². The number of Topliss-reactive ketones (excluding diaryl/α,β-unsaturated/α-hetero) is 1. The van der Waals surface area contributed by atoms with E-state index in [-0.39, 0.29) is 25.0 Å². The zero-order valence-electron chi connectivity index (χ0n) is 19.1. The molecule has 8 heteroatoms. The summed E-state index contributed by atoms with van der Waals surface area (Å²) in [5.74, 6) is -0.663. The van der Waals surface area contributed by atoms with Crippen LogP contribution >= 0.6 is 11.3 Å². The highest BCUT2D eigenvalue weighted by molar-refractivity contribution is 7.12. The van der Waals surface area contributed by atoms with Gasteiger partial charge in [-0.05, 0) is 45.2 Å². The van der Waals surface area contributed by atoms with Gasteiger partial charge < -0.3 is 9.47 Å². The van der Waals surface area contributed by atoms with Gasteiger partial charge in [0.1, 0.15) is 5.41 Å². The SMILES string of the molecule is CCCCC(=O)C(=CNOCC(=O)OCC)Cc1ccc(C2(C(=O)OCC)CC=CC2)s1. The second kappa shape index (κ2) is 13.2. The summed E-state index contributed by atoms with van der Waals surface area (Å²) in [5, 5.41) is 0. The van der Waals surface area contributed by atoms with E-state index in [2.05, 4.69) is 5.48 Å². The molecule has 32 heavy (non-hydrogen) atoms. The number of hydrogen-bond acceptors (Lipinski definition) is 8. The number of thiophene rings is 1. The highest BCUT2D eigenvalue weighted by atomic mass is 32.1. The van der Waals surface area contributed by atoms with Gasteiger partial charge in [-0.25, -0.2) is 4.79 Å². The Morgan fingerprint density at radius 3 is 2.47 bits per heavy atom. The number of carbonyl (C=O) groups is 3. The summed E-state index contributed by atoms with van der Waals surface area (Å²) in [7, 11) is 0. The molecule has 1 aromatic heterocycles. The number of hydroxylamine groups is 1. The molecule has 7 nitrogen and oxygen atoms in total. The Labute approximate surface area is 193 Å². The van der Waals surface area contributed by atoms with E-state index in [4.69, 9.17) is 14.3 Å². The molecule has 0 saturated heterocycles. The monoisotopic (exact) mass is 463 g/mol. The van der Waals surface area contributed by atoms with Gasteiger partial charge in [-0.15, -0.1) is 11.3 Å². The molecule has 0 unspecified atom stereocenters. The van der Waals surface area contributed by atoms with Gasteiger partial charge in [-0.3, -0.25) is 19.9 Å². The van der Waals surface area contributed by atoms with Crippen LogP contribution in [0, 0.1) is 0 Å². The summed E-state index contributed by atoms with van der Waals surface area (Å²) in [5.41, 5.74) is 2.48. The Hall–Kier alpha value is -2.45. The molecule has 0 aliphatic heterocycles. The lowest BCUT2D eigenvalue weighted by atomic mass is 9.84. The summed E-state index contributed by atoms with van der Waals surface area (Å²) in [6.07, 6.45) is 9.35. The van der Waals surface area contributed by atoms with E-state index in [0.29, 0.717) is 37.9 Å². The van der Waals surface area contributed by atoms with E-state index in [0.717, 1.165) is 22.6 Å². The van der Waals surface area contributed by atoms with Crippen LogP contribution in [0.2, 0.25) is 0 Å². The van der Waals surface area contributed by atoms with Gasteiger partial charge in [0, 0.05) is 34.4 Å². The molecule has 2 rings (SSSR count). The van der Waals surface area contributed by atoms with Crippen molar-refractivity contribution in [2.75, 3.05) is 19.8 Å². The largest absolute Gasteiger partial charge is 0.465 e. The smallest absolute Gasteiger partial charge is 0.334 e. The van der Waals surface area contributed by atoms with Crippen molar-refractivity contribution in [3.63, 3.8) is 0 Å². The molecule has 1 N–H and O–H groups in total. The third-order valence-corrected chi connectivity index (χ3v) is 6.48. The van der Waals surface area contributed by atoms with Crippen LogP contribution in [0.15, 0.2) is 36.1 Å². The van der Waals surface area contributed by atoms with Crippen LogP contribution in [0.1, 0.15) is 62.6 Å². The molecular weight excluding hydrogens is 430 g/mol. The number of rotatable bonds is 14. The predicted molar refractivity (Wildman–Crippen MR) is 123 cm³/mol. The minimum Gasteiger partial charge on any atom is -0.465 e. The van der Waals surface area contributed by atoms with Crippen LogP contribution in [-0.4, -0.2) is 37.5 Å². The summed E-state index contributed by atoms with van der Waals surface area (Å²) in [6.45, 7) is 5.94. The first-order valence-corrected chi connectivity index (χ1v) is 11.9. The Bertz CT molecular complexity index is 833. The molecule has 0 aromatic carbocycles. The molecule has 0 radical (unpaired) electrons. The molecule has 1 aliphatic carbocycles. The number of esters is 2. The van der Waals surface area contributed by atoms with E-state index in [1.807, 2.05) is 38.1 Å². The summed E-state index contributed by atoms with van der Waals surface area (Å²) in [4.78, 5) is 43.9. The summed E-state index contributed by atoms with van der Waals surface area (Å²) < 4.78 is 10.2.